The van der Waals surface area contributed by atoms with Crippen molar-refractivity contribution < 1.29 is 13.2 Å². The van der Waals surface area contributed by atoms with Crippen LogP contribution in [0, 0.1) is 11.8 Å². The Morgan fingerprint density at radius 1 is 1.24 bits per heavy atom. The lowest BCUT2D eigenvalue weighted by atomic mass is 9.74. The monoisotopic (exact) mass is 359 g/mol. The topological polar surface area (TPSA) is 78.8 Å². The van der Waals surface area contributed by atoms with Gasteiger partial charge in [-0.15, -0.1) is 0 Å². The Bertz CT molecular complexity index is 854. The Labute approximate surface area is 147 Å². The van der Waals surface area contributed by atoms with Crippen molar-refractivity contribution in [1.29, 1.82) is 0 Å². The minimum Gasteiger partial charge on any atom is -0.267 e. The third-order valence-electron chi connectivity index (χ3n) is 5.26. The number of rotatable bonds is 4. The molecule has 0 spiro atoms. The fourth-order valence-corrected chi connectivity index (χ4v) is 5.29. The van der Waals surface area contributed by atoms with Crippen LogP contribution in [0.1, 0.15) is 36.0 Å². The summed E-state index contributed by atoms with van der Waals surface area (Å²) in [7, 11) is -3.52. The fraction of sp³-hybridized carbons (Fsp3) is 0.444. The number of nitrogens with zero attached hydrogens (tertiary/aromatic N) is 2. The highest BCUT2D eigenvalue weighted by Crippen LogP contribution is 2.40. The van der Waals surface area contributed by atoms with Gasteiger partial charge in [0.1, 0.15) is 0 Å². The Morgan fingerprint density at radius 3 is 2.80 bits per heavy atom. The molecule has 1 saturated carbocycles. The molecule has 0 aromatic heterocycles. The van der Waals surface area contributed by atoms with Gasteiger partial charge in [0, 0.05) is 30.3 Å². The van der Waals surface area contributed by atoms with Crippen LogP contribution in [-0.2, 0) is 10.0 Å². The second-order valence-corrected chi connectivity index (χ2v) is 8.76. The van der Waals surface area contributed by atoms with Crippen LogP contribution in [0.3, 0.4) is 0 Å². The van der Waals surface area contributed by atoms with Gasteiger partial charge in [-0.05, 0) is 49.8 Å². The normalized spacial score (nSPS) is 27.3. The highest BCUT2D eigenvalue weighted by Gasteiger charge is 2.38. The summed E-state index contributed by atoms with van der Waals surface area (Å²) in [5.41, 5.74) is 3.90. The Kier molecular flexibility index (Phi) is 4.21. The molecule has 1 aromatic carbocycles. The van der Waals surface area contributed by atoms with Gasteiger partial charge >= 0.3 is 0 Å². The van der Waals surface area contributed by atoms with Crippen molar-refractivity contribution in [3.63, 3.8) is 0 Å². The first-order valence-electron chi connectivity index (χ1n) is 8.69. The van der Waals surface area contributed by atoms with E-state index in [0.29, 0.717) is 30.5 Å². The predicted molar refractivity (Wildman–Crippen MR) is 94.7 cm³/mol. The van der Waals surface area contributed by atoms with E-state index in [1.807, 2.05) is 0 Å². The summed E-state index contributed by atoms with van der Waals surface area (Å²) in [6.07, 6.45) is 8.01. The molecule has 25 heavy (non-hydrogen) atoms. The largest absolute Gasteiger partial charge is 0.271 e. The number of benzene rings is 1. The molecule has 6 nitrogen and oxygen atoms in total. The number of nitrogens with one attached hydrogen (secondary N) is 1. The first-order valence-corrected chi connectivity index (χ1v) is 10.1. The van der Waals surface area contributed by atoms with Crippen molar-refractivity contribution in [2.45, 2.75) is 30.6 Å². The molecule has 0 radical (unpaired) electrons. The molecule has 0 bridgehead atoms. The number of fused-ring (bicyclic) bond motifs is 1. The molecule has 132 valence electrons. The van der Waals surface area contributed by atoms with Gasteiger partial charge in [0.05, 0.1) is 4.90 Å². The van der Waals surface area contributed by atoms with Gasteiger partial charge in [-0.25, -0.2) is 13.8 Å². The molecule has 1 amide bonds. The van der Waals surface area contributed by atoms with Crippen LogP contribution in [0.5, 0.6) is 0 Å². The number of sulfonamides is 1. The van der Waals surface area contributed by atoms with Gasteiger partial charge < -0.3 is 0 Å². The van der Waals surface area contributed by atoms with Gasteiger partial charge in [0.25, 0.3) is 5.91 Å². The second-order valence-electron chi connectivity index (χ2n) is 6.82. The van der Waals surface area contributed by atoms with Crippen LogP contribution in [0.2, 0.25) is 0 Å². The molecule has 3 aliphatic rings. The predicted octanol–water partition coefficient (Wildman–Crippen LogP) is 2.15. The third-order valence-corrected chi connectivity index (χ3v) is 7.16. The van der Waals surface area contributed by atoms with E-state index in [1.165, 1.54) is 16.4 Å². The number of hydrogen-bond donors (Lipinski definition) is 1. The van der Waals surface area contributed by atoms with E-state index in [4.69, 9.17) is 0 Å². The summed E-state index contributed by atoms with van der Waals surface area (Å²) < 4.78 is 26.7. The SMILES string of the molecule is O=C(N/N=C1/C[C@H]2C=CC[C@@H]12)c1cccc(S(=O)(=O)N2CCCC2)c1. The number of hydrazone groups is 1. The van der Waals surface area contributed by atoms with Crippen LogP contribution in [0.4, 0.5) is 0 Å². The van der Waals surface area contributed by atoms with Gasteiger partial charge in [-0.3, -0.25) is 4.79 Å². The van der Waals surface area contributed by atoms with Gasteiger partial charge in [-0.2, -0.15) is 9.41 Å². The molecule has 1 aliphatic heterocycles. The maximum Gasteiger partial charge on any atom is 0.271 e. The molecule has 0 unspecified atom stereocenters. The molecule has 1 aromatic rings. The van der Waals surface area contributed by atoms with Gasteiger partial charge in [0.15, 0.2) is 0 Å². The highest BCUT2D eigenvalue weighted by molar-refractivity contribution is 7.89. The fourth-order valence-electron chi connectivity index (χ4n) is 3.73. The molecule has 2 fully saturated rings. The maximum atomic E-state index is 12.6. The maximum absolute atomic E-state index is 12.6. The highest BCUT2D eigenvalue weighted by atomic mass is 32.2. The molecular weight excluding hydrogens is 338 g/mol. The molecule has 2 aliphatic carbocycles. The second kappa shape index (κ2) is 6.38. The number of amides is 1. The average molecular weight is 359 g/mol. The van der Waals surface area contributed by atoms with Crippen LogP contribution >= 0.6 is 0 Å². The molecule has 1 saturated heterocycles. The lowest BCUT2D eigenvalue weighted by molar-refractivity contribution is 0.0953. The Hall–Kier alpha value is -1.99. The van der Waals surface area contributed by atoms with E-state index < -0.39 is 10.0 Å². The van der Waals surface area contributed by atoms with E-state index in [0.717, 1.165) is 31.4 Å². The Balaban J connectivity index is 1.47. The van der Waals surface area contributed by atoms with E-state index in [-0.39, 0.29) is 10.8 Å². The quantitative estimate of drug-likeness (QED) is 0.661. The number of hydrogen-bond acceptors (Lipinski definition) is 4. The first-order chi connectivity index (χ1) is 12.1. The van der Waals surface area contributed by atoms with Crippen molar-refractivity contribution in [2.24, 2.45) is 16.9 Å². The van der Waals surface area contributed by atoms with Crippen molar-refractivity contribution in [3.05, 3.63) is 42.0 Å². The standard InChI is InChI=1S/C18H21N3O3S/c22-18(20-19-17-12-13-5-4-8-16(13)17)14-6-3-7-15(11-14)25(23,24)21-9-1-2-10-21/h3-7,11,13,16H,1-2,8-10,12H2,(H,20,22)/b19-17-/t13-,16-/m1/s1. The van der Waals surface area contributed by atoms with E-state index in [9.17, 15) is 13.2 Å². The minimum absolute atomic E-state index is 0.165. The number of allylic oxidation sites excluding steroid dienone is 2. The number of carbonyl (C=O) groups excluding carboxylic acids is 1. The summed E-state index contributed by atoms with van der Waals surface area (Å²) in [4.78, 5) is 12.5. The lowest BCUT2D eigenvalue weighted by Gasteiger charge is -2.31. The zero-order valence-electron chi connectivity index (χ0n) is 13.9. The average Bonchev–Trinajstić information content (AvgIpc) is 3.26. The van der Waals surface area contributed by atoms with Gasteiger partial charge in [0.2, 0.25) is 10.0 Å². The van der Waals surface area contributed by atoms with E-state index >= 15 is 0 Å². The minimum atomic E-state index is -3.52. The zero-order valence-corrected chi connectivity index (χ0v) is 14.7. The number of carbonyl (C=O) groups is 1. The molecule has 2 atom stereocenters. The van der Waals surface area contributed by atoms with Crippen molar-refractivity contribution in [2.75, 3.05) is 13.1 Å². The summed E-state index contributed by atoms with van der Waals surface area (Å²) >= 11 is 0. The summed E-state index contributed by atoms with van der Waals surface area (Å²) in [5.74, 6) is 0.632. The molecule has 1 heterocycles. The summed E-state index contributed by atoms with van der Waals surface area (Å²) in [5, 5.41) is 4.23. The van der Waals surface area contributed by atoms with E-state index in [2.05, 4.69) is 22.7 Å². The molecule has 1 N–H and O–H groups in total. The van der Waals surface area contributed by atoms with E-state index in [1.54, 1.807) is 12.1 Å². The van der Waals surface area contributed by atoms with Crippen LogP contribution in [0.15, 0.2) is 46.4 Å². The third kappa shape index (κ3) is 3.02. The molecular formula is C18H21N3O3S. The smallest absolute Gasteiger partial charge is 0.267 e. The molecule has 7 heteroatoms. The van der Waals surface area contributed by atoms with Crippen LogP contribution < -0.4 is 5.43 Å². The lowest BCUT2D eigenvalue weighted by Crippen LogP contribution is -2.35. The van der Waals surface area contributed by atoms with Crippen molar-refractivity contribution in [1.82, 2.24) is 9.73 Å². The summed E-state index contributed by atoms with van der Waals surface area (Å²) in [6, 6.07) is 6.19. The van der Waals surface area contributed by atoms with Gasteiger partial charge in [-0.1, -0.05) is 18.2 Å². The van der Waals surface area contributed by atoms with Crippen LogP contribution in [-0.4, -0.2) is 37.4 Å². The Morgan fingerprint density at radius 2 is 2.04 bits per heavy atom. The van der Waals surface area contributed by atoms with Crippen LogP contribution in [0.25, 0.3) is 0 Å². The van der Waals surface area contributed by atoms with Crippen molar-refractivity contribution >= 4 is 21.6 Å². The zero-order chi connectivity index (χ0) is 17.4. The van der Waals surface area contributed by atoms with Crippen molar-refractivity contribution in [3.8, 4) is 0 Å². The first kappa shape index (κ1) is 16.5. The molecule has 4 rings (SSSR count). The summed E-state index contributed by atoms with van der Waals surface area (Å²) in [6.45, 7) is 1.09.